The number of carbonyl (C=O) groups excluding carboxylic acids is 2. The number of nitrogens with zero attached hydrogens (tertiary/aromatic N) is 3. The Labute approximate surface area is 203 Å². The van der Waals surface area contributed by atoms with Crippen LogP contribution in [0.25, 0.3) is 0 Å². The topological polar surface area (TPSA) is 65.1 Å². The molecule has 34 heavy (non-hydrogen) atoms. The monoisotopic (exact) mass is 466 g/mol. The summed E-state index contributed by atoms with van der Waals surface area (Å²) in [6.45, 7) is 10.6. The summed E-state index contributed by atoms with van der Waals surface area (Å²) in [6.07, 6.45) is 2.31. The standard InChI is InChI=1S/C27H38N4O3/c1-5-8-13-26(32)28-21-14-15-23(22(20-21)27(33)29(6-2)7-3)30-16-18-31(19-17-30)24-11-9-10-12-25(24)34-4/h9-12,14-15,20H,5-8,13,16-19H2,1-4H3,(H,28,32). The molecule has 2 amide bonds. The van der Waals surface area contributed by atoms with E-state index in [0.717, 1.165) is 56.1 Å². The number of rotatable bonds is 10. The van der Waals surface area contributed by atoms with Crippen LogP contribution in [-0.2, 0) is 4.79 Å². The molecule has 0 saturated carbocycles. The van der Waals surface area contributed by atoms with Gasteiger partial charge in [-0.2, -0.15) is 0 Å². The van der Waals surface area contributed by atoms with E-state index in [0.29, 0.717) is 30.8 Å². The summed E-state index contributed by atoms with van der Waals surface area (Å²) in [7, 11) is 1.70. The molecule has 7 heteroatoms. The van der Waals surface area contributed by atoms with Crippen molar-refractivity contribution < 1.29 is 14.3 Å². The molecule has 3 rings (SSSR count). The van der Waals surface area contributed by atoms with E-state index in [1.807, 2.05) is 55.1 Å². The van der Waals surface area contributed by atoms with Crippen molar-refractivity contribution in [2.75, 3.05) is 61.5 Å². The quantitative estimate of drug-likeness (QED) is 0.553. The average molecular weight is 467 g/mol. The van der Waals surface area contributed by atoms with Crippen LogP contribution >= 0.6 is 0 Å². The normalized spacial score (nSPS) is 13.5. The first-order valence-electron chi connectivity index (χ1n) is 12.4. The fraction of sp³-hybridized carbons (Fsp3) is 0.481. The zero-order valence-corrected chi connectivity index (χ0v) is 21.0. The lowest BCUT2D eigenvalue weighted by Gasteiger charge is -2.38. The molecule has 0 unspecified atom stereocenters. The molecule has 0 bridgehead atoms. The Morgan fingerprint density at radius 1 is 0.941 bits per heavy atom. The van der Waals surface area contributed by atoms with E-state index in [4.69, 9.17) is 4.74 Å². The molecule has 1 heterocycles. The van der Waals surface area contributed by atoms with Gasteiger partial charge in [-0.15, -0.1) is 0 Å². The molecule has 1 fully saturated rings. The van der Waals surface area contributed by atoms with Crippen LogP contribution in [-0.4, -0.2) is 63.1 Å². The lowest BCUT2D eigenvalue weighted by atomic mass is 10.1. The minimum absolute atomic E-state index is 0.00295. The zero-order valence-electron chi connectivity index (χ0n) is 21.0. The second kappa shape index (κ2) is 12.3. The zero-order chi connectivity index (χ0) is 24.5. The third kappa shape index (κ3) is 6.01. The van der Waals surface area contributed by atoms with Crippen molar-refractivity contribution >= 4 is 28.9 Å². The van der Waals surface area contributed by atoms with Crippen LogP contribution < -0.4 is 19.9 Å². The van der Waals surface area contributed by atoms with E-state index < -0.39 is 0 Å². The van der Waals surface area contributed by atoms with Crippen LogP contribution in [0.3, 0.4) is 0 Å². The van der Waals surface area contributed by atoms with E-state index in [9.17, 15) is 9.59 Å². The second-order valence-corrected chi connectivity index (χ2v) is 8.51. The Balaban J connectivity index is 1.82. The smallest absolute Gasteiger partial charge is 0.256 e. The van der Waals surface area contributed by atoms with Gasteiger partial charge < -0.3 is 24.8 Å². The minimum Gasteiger partial charge on any atom is -0.495 e. The van der Waals surface area contributed by atoms with Crippen molar-refractivity contribution in [2.24, 2.45) is 0 Å². The summed E-state index contributed by atoms with van der Waals surface area (Å²) in [5, 5.41) is 2.97. The van der Waals surface area contributed by atoms with Crippen molar-refractivity contribution in [3.63, 3.8) is 0 Å². The number of ether oxygens (including phenoxy) is 1. The Kier molecular flexibility index (Phi) is 9.19. The fourth-order valence-electron chi connectivity index (χ4n) is 4.38. The van der Waals surface area contributed by atoms with Gasteiger partial charge in [0.25, 0.3) is 5.91 Å². The molecule has 0 aromatic heterocycles. The van der Waals surface area contributed by atoms with Crippen LogP contribution in [0.5, 0.6) is 5.75 Å². The Morgan fingerprint density at radius 2 is 1.59 bits per heavy atom. The number of unbranched alkanes of at least 4 members (excludes halogenated alkanes) is 1. The summed E-state index contributed by atoms with van der Waals surface area (Å²) in [5.74, 6) is 0.856. The fourth-order valence-corrected chi connectivity index (χ4v) is 4.38. The molecule has 0 spiro atoms. The van der Waals surface area contributed by atoms with E-state index in [1.165, 1.54) is 0 Å². The first-order valence-corrected chi connectivity index (χ1v) is 12.4. The Hall–Kier alpha value is -3.22. The number of nitrogens with one attached hydrogen (secondary N) is 1. The molecular weight excluding hydrogens is 428 g/mol. The van der Waals surface area contributed by atoms with Crippen molar-refractivity contribution in [2.45, 2.75) is 40.0 Å². The number of piperazine rings is 1. The summed E-state index contributed by atoms with van der Waals surface area (Å²) < 4.78 is 5.54. The van der Waals surface area contributed by atoms with Gasteiger partial charge in [0.15, 0.2) is 0 Å². The molecular formula is C27H38N4O3. The van der Waals surface area contributed by atoms with Crippen LogP contribution in [0.15, 0.2) is 42.5 Å². The molecule has 1 saturated heterocycles. The summed E-state index contributed by atoms with van der Waals surface area (Å²) in [4.78, 5) is 32.1. The predicted molar refractivity (Wildman–Crippen MR) is 139 cm³/mol. The molecule has 0 atom stereocenters. The highest BCUT2D eigenvalue weighted by atomic mass is 16.5. The molecule has 0 radical (unpaired) electrons. The maximum absolute atomic E-state index is 13.4. The molecule has 1 N–H and O–H groups in total. The number of anilines is 3. The van der Waals surface area contributed by atoms with Crippen molar-refractivity contribution in [3.8, 4) is 5.75 Å². The number of hydrogen-bond donors (Lipinski definition) is 1. The Morgan fingerprint density at radius 3 is 2.21 bits per heavy atom. The van der Waals surface area contributed by atoms with Crippen LogP contribution in [0.2, 0.25) is 0 Å². The SMILES string of the molecule is CCCCC(=O)Nc1ccc(N2CCN(c3ccccc3OC)CC2)c(C(=O)N(CC)CC)c1. The third-order valence-corrected chi connectivity index (χ3v) is 6.36. The molecule has 1 aliphatic rings. The van der Waals surface area contributed by atoms with E-state index in [1.54, 1.807) is 7.11 Å². The minimum atomic E-state index is -0.0127. The number of amides is 2. The average Bonchev–Trinajstić information content (AvgIpc) is 2.88. The molecule has 184 valence electrons. The Bertz CT molecular complexity index is 966. The molecule has 2 aromatic carbocycles. The maximum atomic E-state index is 13.4. The largest absolute Gasteiger partial charge is 0.495 e. The van der Waals surface area contributed by atoms with Crippen LogP contribution in [0, 0.1) is 0 Å². The molecule has 1 aliphatic heterocycles. The summed E-state index contributed by atoms with van der Waals surface area (Å²) in [6, 6.07) is 13.8. The van der Waals surface area contributed by atoms with Crippen molar-refractivity contribution in [1.82, 2.24) is 4.90 Å². The second-order valence-electron chi connectivity index (χ2n) is 8.51. The van der Waals surface area contributed by atoms with Gasteiger partial charge >= 0.3 is 0 Å². The van der Waals surface area contributed by atoms with E-state index in [-0.39, 0.29) is 11.8 Å². The number of benzene rings is 2. The van der Waals surface area contributed by atoms with Crippen LogP contribution in [0.4, 0.5) is 17.1 Å². The number of para-hydroxylation sites is 2. The third-order valence-electron chi connectivity index (χ3n) is 6.36. The molecule has 7 nitrogen and oxygen atoms in total. The van der Waals surface area contributed by atoms with Gasteiger partial charge in [-0.3, -0.25) is 9.59 Å². The van der Waals surface area contributed by atoms with Gasteiger partial charge in [0.2, 0.25) is 5.91 Å². The van der Waals surface area contributed by atoms with E-state index in [2.05, 4.69) is 28.1 Å². The van der Waals surface area contributed by atoms with Gasteiger partial charge in [-0.05, 0) is 50.6 Å². The predicted octanol–water partition coefficient (Wildman–Crippen LogP) is 4.63. The molecule has 2 aromatic rings. The summed E-state index contributed by atoms with van der Waals surface area (Å²) >= 11 is 0. The first-order chi connectivity index (χ1) is 16.5. The number of carbonyl (C=O) groups is 2. The van der Waals surface area contributed by atoms with Gasteiger partial charge in [-0.25, -0.2) is 0 Å². The number of methoxy groups -OCH3 is 1. The van der Waals surface area contributed by atoms with Crippen molar-refractivity contribution in [3.05, 3.63) is 48.0 Å². The highest BCUT2D eigenvalue weighted by Crippen LogP contribution is 2.31. The highest BCUT2D eigenvalue weighted by molar-refractivity contribution is 6.02. The van der Waals surface area contributed by atoms with Crippen molar-refractivity contribution in [1.29, 1.82) is 0 Å². The van der Waals surface area contributed by atoms with Gasteiger partial charge in [0.1, 0.15) is 5.75 Å². The lowest BCUT2D eigenvalue weighted by molar-refractivity contribution is -0.116. The van der Waals surface area contributed by atoms with Gasteiger partial charge in [0.05, 0.1) is 18.4 Å². The maximum Gasteiger partial charge on any atom is 0.256 e. The molecule has 0 aliphatic carbocycles. The van der Waals surface area contributed by atoms with E-state index >= 15 is 0 Å². The number of hydrogen-bond acceptors (Lipinski definition) is 5. The van der Waals surface area contributed by atoms with Gasteiger partial charge in [-0.1, -0.05) is 25.5 Å². The van der Waals surface area contributed by atoms with Crippen LogP contribution in [0.1, 0.15) is 50.4 Å². The lowest BCUT2D eigenvalue weighted by Crippen LogP contribution is -2.47. The summed E-state index contributed by atoms with van der Waals surface area (Å²) in [5.41, 5.74) is 3.33. The first kappa shape index (κ1) is 25.4. The van der Waals surface area contributed by atoms with Gasteiger partial charge in [0, 0.05) is 57.1 Å². The highest BCUT2D eigenvalue weighted by Gasteiger charge is 2.25.